The van der Waals surface area contributed by atoms with Crippen LogP contribution in [0.2, 0.25) is 0 Å². The maximum Gasteiger partial charge on any atom is 0.127 e. The van der Waals surface area contributed by atoms with Gasteiger partial charge in [0.25, 0.3) is 0 Å². The molecule has 82 valence electrons. The normalized spacial score (nSPS) is 23.9. The molecule has 2 nitrogen and oxygen atoms in total. The van der Waals surface area contributed by atoms with Crippen molar-refractivity contribution in [2.24, 2.45) is 5.92 Å². The van der Waals surface area contributed by atoms with Crippen LogP contribution in [0, 0.1) is 11.7 Å². The van der Waals surface area contributed by atoms with Gasteiger partial charge < -0.3 is 11.1 Å². The fourth-order valence-corrected chi connectivity index (χ4v) is 2.02. The minimum absolute atomic E-state index is 0.273. The van der Waals surface area contributed by atoms with E-state index in [0.717, 1.165) is 11.6 Å². The first-order valence-corrected chi connectivity index (χ1v) is 5.51. The lowest BCUT2D eigenvalue weighted by Gasteiger charge is -2.06. The number of anilines is 2. The van der Waals surface area contributed by atoms with Crippen molar-refractivity contribution in [1.82, 2.24) is 0 Å². The van der Waals surface area contributed by atoms with Crippen molar-refractivity contribution in [3.63, 3.8) is 0 Å². The molecule has 1 aromatic carbocycles. The Hall–Kier alpha value is -1.25. The van der Waals surface area contributed by atoms with Crippen molar-refractivity contribution in [2.45, 2.75) is 32.2 Å². The van der Waals surface area contributed by atoms with Crippen LogP contribution in [-0.2, 0) is 0 Å². The van der Waals surface area contributed by atoms with Crippen LogP contribution in [0.3, 0.4) is 0 Å². The highest BCUT2D eigenvalue weighted by atomic mass is 19.1. The first-order chi connectivity index (χ1) is 7.19. The second kappa shape index (κ2) is 4.09. The minimum atomic E-state index is -0.273. The summed E-state index contributed by atoms with van der Waals surface area (Å²) in [4.78, 5) is 0. The van der Waals surface area contributed by atoms with E-state index in [1.165, 1.54) is 31.4 Å². The predicted octanol–water partition coefficient (Wildman–Crippen LogP) is 3.01. The number of rotatable bonds is 4. The third-order valence-electron chi connectivity index (χ3n) is 2.85. The number of nitrogens with one attached hydrogen (secondary N) is 1. The first-order valence-electron chi connectivity index (χ1n) is 5.51. The molecule has 1 aliphatic carbocycles. The first kappa shape index (κ1) is 10.3. The number of hydrogen-bond acceptors (Lipinski definition) is 2. The quantitative estimate of drug-likeness (QED) is 0.746. The summed E-state index contributed by atoms with van der Waals surface area (Å²) in [6.45, 7) is 2.19. The van der Waals surface area contributed by atoms with E-state index in [2.05, 4.69) is 12.2 Å². The van der Waals surface area contributed by atoms with Gasteiger partial charge in [-0.15, -0.1) is 0 Å². The van der Waals surface area contributed by atoms with Gasteiger partial charge in [0.05, 0.1) is 0 Å². The van der Waals surface area contributed by atoms with Crippen molar-refractivity contribution < 1.29 is 4.39 Å². The van der Waals surface area contributed by atoms with Crippen molar-refractivity contribution >= 4 is 11.4 Å². The Labute approximate surface area is 89.7 Å². The zero-order valence-electron chi connectivity index (χ0n) is 8.96. The van der Waals surface area contributed by atoms with E-state index in [9.17, 15) is 4.39 Å². The van der Waals surface area contributed by atoms with Gasteiger partial charge in [0.1, 0.15) is 5.82 Å². The number of benzene rings is 1. The van der Waals surface area contributed by atoms with Crippen LogP contribution < -0.4 is 11.1 Å². The summed E-state index contributed by atoms with van der Waals surface area (Å²) in [7, 11) is 0. The molecule has 1 saturated carbocycles. The maximum atomic E-state index is 13.0. The molecular formula is C12H17FN2. The zero-order chi connectivity index (χ0) is 10.8. The lowest BCUT2D eigenvalue weighted by Crippen LogP contribution is -2.05. The number of halogens is 1. The standard InChI is InChI=1S/C12H17FN2/c1-2-3-8-4-12(8)15-11-6-9(13)5-10(14)7-11/h5-8,12,15H,2-4,14H2,1H3. The molecule has 2 atom stereocenters. The number of nitrogen functional groups attached to an aromatic ring is 1. The van der Waals surface area contributed by atoms with E-state index in [1.54, 1.807) is 6.07 Å². The van der Waals surface area contributed by atoms with E-state index in [4.69, 9.17) is 5.73 Å². The fourth-order valence-electron chi connectivity index (χ4n) is 2.02. The number of hydrogen-bond donors (Lipinski definition) is 2. The van der Waals surface area contributed by atoms with E-state index in [-0.39, 0.29) is 5.82 Å². The molecule has 3 heteroatoms. The summed E-state index contributed by atoms with van der Waals surface area (Å²) >= 11 is 0. The molecule has 0 aliphatic heterocycles. The molecule has 15 heavy (non-hydrogen) atoms. The lowest BCUT2D eigenvalue weighted by atomic mass is 10.2. The van der Waals surface area contributed by atoms with Crippen molar-refractivity contribution in [3.8, 4) is 0 Å². The fraction of sp³-hybridized carbons (Fsp3) is 0.500. The smallest absolute Gasteiger partial charge is 0.127 e. The molecule has 1 aliphatic rings. The van der Waals surface area contributed by atoms with Crippen LogP contribution >= 0.6 is 0 Å². The summed E-state index contributed by atoms with van der Waals surface area (Å²) in [6, 6.07) is 5.13. The Morgan fingerprint density at radius 3 is 2.93 bits per heavy atom. The van der Waals surface area contributed by atoms with Crippen molar-refractivity contribution in [2.75, 3.05) is 11.1 Å². The van der Waals surface area contributed by atoms with Gasteiger partial charge in [0.2, 0.25) is 0 Å². The Morgan fingerprint density at radius 1 is 1.47 bits per heavy atom. The van der Waals surface area contributed by atoms with Gasteiger partial charge in [-0.1, -0.05) is 13.3 Å². The van der Waals surface area contributed by atoms with Gasteiger partial charge in [-0.3, -0.25) is 0 Å². The molecule has 0 aromatic heterocycles. The molecule has 1 aromatic rings. The molecule has 2 unspecified atom stereocenters. The van der Waals surface area contributed by atoms with E-state index >= 15 is 0 Å². The highest BCUT2D eigenvalue weighted by molar-refractivity contribution is 5.55. The topological polar surface area (TPSA) is 38.0 Å². The van der Waals surface area contributed by atoms with E-state index in [1.807, 2.05) is 0 Å². The summed E-state index contributed by atoms with van der Waals surface area (Å²) in [5.41, 5.74) is 6.85. The molecular weight excluding hydrogens is 191 g/mol. The lowest BCUT2D eigenvalue weighted by molar-refractivity contribution is 0.628. The van der Waals surface area contributed by atoms with Crippen LogP contribution in [0.5, 0.6) is 0 Å². The minimum Gasteiger partial charge on any atom is -0.399 e. The Bertz CT molecular complexity index is 331. The van der Waals surface area contributed by atoms with E-state index < -0.39 is 0 Å². The molecule has 1 fully saturated rings. The van der Waals surface area contributed by atoms with Crippen molar-refractivity contribution in [1.29, 1.82) is 0 Å². The summed E-state index contributed by atoms with van der Waals surface area (Å²) in [6.07, 6.45) is 3.67. The summed E-state index contributed by atoms with van der Waals surface area (Å²) in [5, 5.41) is 3.31. The van der Waals surface area contributed by atoms with Crippen LogP contribution in [0.1, 0.15) is 26.2 Å². The zero-order valence-corrected chi connectivity index (χ0v) is 8.96. The Balaban J connectivity index is 1.94. The SMILES string of the molecule is CCCC1CC1Nc1cc(N)cc(F)c1. The summed E-state index contributed by atoms with van der Waals surface area (Å²) < 4.78 is 13.0. The average Bonchev–Trinajstić information content (AvgIpc) is 2.82. The second-order valence-corrected chi connectivity index (χ2v) is 4.31. The third-order valence-corrected chi connectivity index (χ3v) is 2.85. The van der Waals surface area contributed by atoms with Gasteiger partial charge in [-0.2, -0.15) is 0 Å². The molecule has 2 rings (SSSR count). The molecule has 0 bridgehead atoms. The Kier molecular flexibility index (Phi) is 2.80. The highest BCUT2D eigenvalue weighted by Gasteiger charge is 2.35. The molecule has 0 saturated heterocycles. The van der Waals surface area contributed by atoms with Gasteiger partial charge in [0.15, 0.2) is 0 Å². The average molecular weight is 208 g/mol. The molecule has 0 heterocycles. The monoisotopic (exact) mass is 208 g/mol. The molecule has 0 radical (unpaired) electrons. The Morgan fingerprint density at radius 2 is 2.27 bits per heavy atom. The van der Waals surface area contributed by atoms with Gasteiger partial charge in [-0.25, -0.2) is 4.39 Å². The van der Waals surface area contributed by atoms with Gasteiger partial charge in [0, 0.05) is 17.4 Å². The van der Waals surface area contributed by atoms with Crippen LogP contribution in [0.4, 0.5) is 15.8 Å². The number of nitrogens with two attached hydrogens (primary N) is 1. The summed E-state index contributed by atoms with van der Waals surface area (Å²) in [5.74, 6) is 0.490. The predicted molar refractivity (Wildman–Crippen MR) is 61.2 cm³/mol. The van der Waals surface area contributed by atoms with Crippen molar-refractivity contribution in [3.05, 3.63) is 24.0 Å². The molecule has 3 N–H and O–H groups in total. The van der Waals surface area contributed by atoms with Gasteiger partial charge >= 0.3 is 0 Å². The largest absolute Gasteiger partial charge is 0.399 e. The third kappa shape index (κ3) is 2.61. The van der Waals surface area contributed by atoms with Gasteiger partial charge in [-0.05, 0) is 37.0 Å². The maximum absolute atomic E-state index is 13.0. The molecule has 0 amide bonds. The van der Waals surface area contributed by atoms with Crippen LogP contribution in [0.15, 0.2) is 18.2 Å². The van der Waals surface area contributed by atoms with Crippen LogP contribution in [0.25, 0.3) is 0 Å². The van der Waals surface area contributed by atoms with Crippen LogP contribution in [-0.4, -0.2) is 6.04 Å². The second-order valence-electron chi connectivity index (χ2n) is 4.31. The van der Waals surface area contributed by atoms with E-state index in [0.29, 0.717) is 11.7 Å². The highest BCUT2D eigenvalue weighted by Crippen LogP contribution is 2.37. The molecule has 0 spiro atoms.